The molecule has 0 aliphatic carbocycles. The van der Waals surface area contributed by atoms with Gasteiger partial charge in [0.05, 0.1) is 6.04 Å². The van der Waals surface area contributed by atoms with E-state index in [-0.39, 0.29) is 11.9 Å². The molecular formula is C14H20N2O. The summed E-state index contributed by atoms with van der Waals surface area (Å²) in [7, 11) is 0. The third-order valence-electron chi connectivity index (χ3n) is 3.52. The van der Waals surface area contributed by atoms with E-state index in [1.54, 1.807) is 0 Å². The molecule has 0 bridgehead atoms. The van der Waals surface area contributed by atoms with Crippen LogP contribution in [0.4, 0.5) is 0 Å². The first-order valence-corrected chi connectivity index (χ1v) is 6.24. The lowest BCUT2D eigenvalue weighted by molar-refractivity contribution is -0.126. The average Bonchev–Trinajstić information content (AvgIpc) is 2.30. The highest BCUT2D eigenvalue weighted by atomic mass is 16.2. The van der Waals surface area contributed by atoms with Gasteiger partial charge in [-0.15, -0.1) is 0 Å². The summed E-state index contributed by atoms with van der Waals surface area (Å²) in [6.07, 6.45) is 1.05. The zero-order valence-corrected chi connectivity index (χ0v) is 10.5. The van der Waals surface area contributed by atoms with Crippen molar-refractivity contribution in [2.45, 2.75) is 32.9 Å². The van der Waals surface area contributed by atoms with Crippen LogP contribution in [-0.2, 0) is 11.3 Å². The molecule has 1 aliphatic heterocycles. The molecule has 17 heavy (non-hydrogen) atoms. The van der Waals surface area contributed by atoms with Gasteiger partial charge in [-0.3, -0.25) is 4.79 Å². The van der Waals surface area contributed by atoms with E-state index < -0.39 is 0 Å². The van der Waals surface area contributed by atoms with Crippen molar-refractivity contribution in [1.29, 1.82) is 0 Å². The quantitative estimate of drug-likeness (QED) is 0.831. The van der Waals surface area contributed by atoms with Crippen LogP contribution in [-0.4, -0.2) is 18.5 Å². The van der Waals surface area contributed by atoms with Gasteiger partial charge in [0, 0.05) is 13.1 Å². The second kappa shape index (κ2) is 5.32. The number of carbonyl (C=O) groups excluding carboxylic acids is 1. The average molecular weight is 232 g/mol. The topological polar surface area (TPSA) is 41.1 Å². The predicted octanol–water partition coefficient (Wildman–Crippen LogP) is 1.61. The molecule has 0 aromatic heterocycles. The number of nitrogens with one attached hydrogen (secondary N) is 2. The van der Waals surface area contributed by atoms with Crippen LogP contribution in [0.1, 0.15) is 24.5 Å². The van der Waals surface area contributed by atoms with Crippen LogP contribution in [0.3, 0.4) is 0 Å². The summed E-state index contributed by atoms with van der Waals surface area (Å²) in [6, 6.07) is 8.22. The Morgan fingerprint density at radius 1 is 1.41 bits per heavy atom. The molecule has 2 rings (SSSR count). The summed E-state index contributed by atoms with van der Waals surface area (Å²) >= 11 is 0. The first kappa shape index (κ1) is 12.1. The Kier molecular flexibility index (Phi) is 3.79. The fourth-order valence-corrected chi connectivity index (χ4v) is 2.28. The summed E-state index contributed by atoms with van der Waals surface area (Å²) in [5, 5.41) is 6.28. The minimum Gasteiger partial charge on any atom is -0.355 e. The Morgan fingerprint density at radius 2 is 2.18 bits per heavy atom. The van der Waals surface area contributed by atoms with E-state index in [4.69, 9.17) is 0 Å². The van der Waals surface area contributed by atoms with Gasteiger partial charge in [-0.2, -0.15) is 0 Å². The number of piperidine rings is 1. The first-order chi connectivity index (χ1) is 8.18. The summed E-state index contributed by atoms with van der Waals surface area (Å²) in [6.45, 7) is 5.80. The first-order valence-electron chi connectivity index (χ1n) is 6.24. The maximum Gasteiger partial charge on any atom is 0.237 e. The van der Waals surface area contributed by atoms with Crippen LogP contribution >= 0.6 is 0 Å². The fraction of sp³-hybridized carbons (Fsp3) is 0.500. The zero-order chi connectivity index (χ0) is 12.3. The van der Waals surface area contributed by atoms with E-state index in [0.717, 1.165) is 19.5 Å². The molecule has 2 atom stereocenters. The normalized spacial score (nSPS) is 24.5. The third kappa shape index (κ3) is 2.86. The molecule has 1 aliphatic rings. The Balaban J connectivity index is 1.97. The molecule has 0 spiro atoms. The lowest BCUT2D eigenvalue weighted by Crippen LogP contribution is -2.52. The highest BCUT2D eigenvalue weighted by molar-refractivity contribution is 5.82. The molecule has 1 aromatic rings. The van der Waals surface area contributed by atoms with Gasteiger partial charge >= 0.3 is 0 Å². The van der Waals surface area contributed by atoms with E-state index >= 15 is 0 Å². The standard InChI is InChI=1S/C14H20N2O/c1-10-5-3-4-6-12(10)9-16-13-11(2)7-8-15-14(13)17/h3-6,11,13,16H,7-9H2,1-2H3,(H,15,17)/t11-,13-/m1/s1. The Morgan fingerprint density at radius 3 is 2.88 bits per heavy atom. The number of hydrogen-bond acceptors (Lipinski definition) is 2. The monoisotopic (exact) mass is 232 g/mol. The lowest BCUT2D eigenvalue weighted by Gasteiger charge is -2.29. The molecule has 1 heterocycles. The number of amides is 1. The molecule has 0 unspecified atom stereocenters. The van der Waals surface area contributed by atoms with Crippen molar-refractivity contribution in [1.82, 2.24) is 10.6 Å². The van der Waals surface area contributed by atoms with Crippen molar-refractivity contribution in [3.63, 3.8) is 0 Å². The summed E-state index contributed by atoms with van der Waals surface area (Å²) < 4.78 is 0. The second-order valence-corrected chi connectivity index (χ2v) is 4.84. The van der Waals surface area contributed by atoms with Gasteiger partial charge in [0.25, 0.3) is 0 Å². The maximum absolute atomic E-state index is 11.7. The van der Waals surface area contributed by atoms with Gasteiger partial charge in [0.1, 0.15) is 0 Å². The van der Waals surface area contributed by atoms with Gasteiger partial charge in [-0.05, 0) is 30.4 Å². The van der Waals surface area contributed by atoms with E-state index in [1.807, 2.05) is 12.1 Å². The van der Waals surface area contributed by atoms with Gasteiger partial charge in [-0.25, -0.2) is 0 Å². The SMILES string of the molecule is Cc1ccccc1CN[C@H]1C(=O)NCC[C@H]1C. The number of rotatable bonds is 3. The highest BCUT2D eigenvalue weighted by Crippen LogP contribution is 2.14. The predicted molar refractivity (Wildman–Crippen MR) is 68.6 cm³/mol. The third-order valence-corrected chi connectivity index (χ3v) is 3.52. The number of aryl methyl sites for hydroxylation is 1. The van der Waals surface area contributed by atoms with Gasteiger partial charge in [0.15, 0.2) is 0 Å². The van der Waals surface area contributed by atoms with Crippen molar-refractivity contribution in [2.75, 3.05) is 6.54 Å². The van der Waals surface area contributed by atoms with Crippen LogP contribution in [0.2, 0.25) is 0 Å². The second-order valence-electron chi connectivity index (χ2n) is 4.84. The number of hydrogen-bond donors (Lipinski definition) is 2. The van der Waals surface area contributed by atoms with E-state index in [1.165, 1.54) is 11.1 Å². The lowest BCUT2D eigenvalue weighted by atomic mass is 9.94. The van der Waals surface area contributed by atoms with Crippen molar-refractivity contribution in [3.8, 4) is 0 Å². The van der Waals surface area contributed by atoms with Crippen molar-refractivity contribution < 1.29 is 4.79 Å². The fourth-order valence-electron chi connectivity index (χ4n) is 2.28. The van der Waals surface area contributed by atoms with E-state index in [2.05, 4.69) is 36.6 Å². The van der Waals surface area contributed by atoms with Crippen LogP contribution in [0.25, 0.3) is 0 Å². The van der Waals surface area contributed by atoms with Gasteiger partial charge in [0.2, 0.25) is 5.91 Å². The molecule has 0 saturated carbocycles. The summed E-state index contributed by atoms with van der Waals surface area (Å²) in [5.74, 6) is 0.546. The van der Waals surface area contributed by atoms with Crippen molar-refractivity contribution in [2.24, 2.45) is 5.92 Å². The molecule has 1 aromatic carbocycles. The smallest absolute Gasteiger partial charge is 0.237 e. The molecular weight excluding hydrogens is 212 g/mol. The molecule has 2 N–H and O–H groups in total. The minimum atomic E-state index is -0.0524. The largest absolute Gasteiger partial charge is 0.355 e. The molecule has 92 valence electrons. The molecule has 1 fully saturated rings. The van der Waals surface area contributed by atoms with Crippen LogP contribution in [0.15, 0.2) is 24.3 Å². The van der Waals surface area contributed by atoms with Gasteiger partial charge in [-0.1, -0.05) is 31.2 Å². The number of benzene rings is 1. The van der Waals surface area contributed by atoms with Gasteiger partial charge < -0.3 is 10.6 Å². The van der Waals surface area contributed by atoms with Crippen molar-refractivity contribution >= 4 is 5.91 Å². The van der Waals surface area contributed by atoms with E-state index in [9.17, 15) is 4.79 Å². The van der Waals surface area contributed by atoms with E-state index in [0.29, 0.717) is 5.92 Å². The van der Waals surface area contributed by atoms with Crippen LogP contribution in [0, 0.1) is 12.8 Å². The minimum absolute atomic E-state index is 0.0524. The molecule has 0 radical (unpaired) electrons. The van der Waals surface area contributed by atoms with Crippen LogP contribution < -0.4 is 10.6 Å². The highest BCUT2D eigenvalue weighted by Gasteiger charge is 2.27. The Bertz CT molecular complexity index is 403. The Hall–Kier alpha value is -1.35. The number of carbonyl (C=O) groups is 1. The molecule has 3 nitrogen and oxygen atoms in total. The van der Waals surface area contributed by atoms with Crippen molar-refractivity contribution in [3.05, 3.63) is 35.4 Å². The summed E-state index contributed by atoms with van der Waals surface area (Å²) in [5.41, 5.74) is 2.53. The molecule has 1 amide bonds. The molecule has 1 saturated heterocycles. The Labute approximate surface area is 103 Å². The summed E-state index contributed by atoms with van der Waals surface area (Å²) in [4.78, 5) is 11.7. The zero-order valence-electron chi connectivity index (χ0n) is 10.5. The van der Waals surface area contributed by atoms with Crippen LogP contribution in [0.5, 0.6) is 0 Å². The molecule has 3 heteroatoms. The maximum atomic E-state index is 11.7.